The number of imide groups is 1. The van der Waals surface area contributed by atoms with Crippen LogP contribution in [-0.4, -0.2) is 108 Å². The molecule has 0 radical (unpaired) electrons. The van der Waals surface area contributed by atoms with Crippen molar-refractivity contribution in [3.05, 3.63) is 151 Å². The number of carbonyl (C=O) groups excluding carboxylic acids is 7. The second-order valence-electron chi connectivity index (χ2n) is 19.7. The third kappa shape index (κ3) is 10.9. The molecule has 4 aliphatic rings. The maximum Gasteiger partial charge on any atom is 0.258 e. The molecule has 5 aromatic rings. The van der Waals surface area contributed by atoms with Crippen molar-refractivity contribution in [3.8, 4) is 11.4 Å². The number of nitrogens with zero attached hydrogens (tertiary/aromatic N) is 3. The number of pyridine rings is 2. The number of aliphatic hydroxyl groups is 1. The van der Waals surface area contributed by atoms with E-state index in [1.807, 2.05) is 13.8 Å². The number of nitrogens with one attached hydrogen (secondary N) is 5. The van der Waals surface area contributed by atoms with Gasteiger partial charge < -0.3 is 45.9 Å². The number of amides is 7. The Balaban J connectivity index is 0.731. The van der Waals surface area contributed by atoms with E-state index in [1.54, 1.807) is 73.0 Å². The minimum absolute atomic E-state index is 0.0327. The monoisotopic (exact) mass is 1070 g/mol. The van der Waals surface area contributed by atoms with Crippen LogP contribution < -0.4 is 37.0 Å². The second-order valence-corrected chi connectivity index (χ2v) is 19.7. The molecule has 4 atom stereocenters. The van der Waals surface area contributed by atoms with Gasteiger partial charge in [-0.1, -0.05) is 43.8 Å². The van der Waals surface area contributed by atoms with E-state index in [4.69, 9.17) is 19.2 Å². The summed E-state index contributed by atoms with van der Waals surface area (Å²) in [5.41, 5.74) is 5.84. The summed E-state index contributed by atoms with van der Waals surface area (Å²) in [6.07, 6.45) is 2.88. The number of halogens is 1. The molecular formula is C57H59FN8O12. The molecule has 0 spiro atoms. The second kappa shape index (κ2) is 22.7. The van der Waals surface area contributed by atoms with Crippen molar-refractivity contribution < 1.29 is 57.3 Å². The zero-order valence-electron chi connectivity index (χ0n) is 43.5. The highest BCUT2D eigenvalue weighted by Gasteiger charge is 2.48. The lowest BCUT2D eigenvalue weighted by Crippen LogP contribution is -2.52. The average molecular weight is 1070 g/mol. The smallest absolute Gasteiger partial charge is 0.258 e. The minimum Gasteiger partial charge on any atom is -0.490 e. The highest BCUT2D eigenvalue weighted by Crippen LogP contribution is 2.51. The van der Waals surface area contributed by atoms with Gasteiger partial charge in [-0.2, -0.15) is 0 Å². The largest absolute Gasteiger partial charge is 0.490 e. The highest BCUT2D eigenvalue weighted by molar-refractivity contribution is 6.28. The summed E-state index contributed by atoms with van der Waals surface area (Å²) in [5, 5.41) is 25.1. The van der Waals surface area contributed by atoms with Gasteiger partial charge in [-0.3, -0.25) is 42.9 Å². The van der Waals surface area contributed by atoms with Crippen LogP contribution in [0.2, 0.25) is 0 Å². The van der Waals surface area contributed by atoms with E-state index in [0.717, 1.165) is 38.1 Å². The Bertz CT molecular complexity index is 3370. The summed E-state index contributed by atoms with van der Waals surface area (Å²) in [4.78, 5) is 109. The fourth-order valence-corrected chi connectivity index (χ4v) is 10.6. The van der Waals surface area contributed by atoms with Crippen molar-refractivity contribution in [2.45, 2.75) is 90.2 Å². The summed E-state index contributed by atoms with van der Waals surface area (Å²) < 4.78 is 34.4. The Morgan fingerprint density at radius 2 is 1.54 bits per heavy atom. The van der Waals surface area contributed by atoms with Crippen molar-refractivity contribution in [2.24, 2.45) is 0 Å². The van der Waals surface area contributed by atoms with Crippen LogP contribution in [0.3, 0.4) is 0 Å². The molecule has 5 heterocycles. The van der Waals surface area contributed by atoms with Gasteiger partial charge in [0, 0.05) is 54.0 Å². The third-order valence-electron chi connectivity index (χ3n) is 14.7. The molecule has 21 heteroatoms. The van der Waals surface area contributed by atoms with Crippen LogP contribution in [0.4, 0.5) is 10.1 Å². The first-order chi connectivity index (χ1) is 37.4. The number of ether oxygens (including phenoxy) is 3. The zero-order chi connectivity index (χ0) is 55.6. The normalized spacial score (nSPS) is 18.0. The molecule has 78 heavy (non-hydrogen) atoms. The first-order valence-corrected chi connectivity index (χ1v) is 25.6. The number of anilines is 1. The molecule has 0 saturated heterocycles. The Morgan fingerprint density at radius 3 is 2.26 bits per heavy atom. The maximum absolute atomic E-state index is 14.9. The molecular weight excluding hydrogens is 1010 g/mol. The Labute approximate surface area is 447 Å². The van der Waals surface area contributed by atoms with Crippen molar-refractivity contribution in [1.82, 2.24) is 36.1 Å². The van der Waals surface area contributed by atoms with Crippen molar-refractivity contribution in [1.29, 1.82) is 0 Å². The van der Waals surface area contributed by atoms with E-state index in [1.165, 1.54) is 18.2 Å². The van der Waals surface area contributed by atoms with Crippen LogP contribution >= 0.6 is 0 Å². The topological polar surface area (TPSA) is 266 Å². The summed E-state index contributed by atoms with van der Waals surface area (Å²) >= 11 is 0. The number of fused-ring (bicyclic) bond motifs is 6. The molecule has 0 bridgehead atoms. The quantitative estimate of drug-likeness (QED) is 0.0351. The van der Waals surface area contributed by atoms with Gasteiger partial charge in [0.25, 0.3) is 17.4 Å². The fraction of sp³-hybridized carbons (Fsp3) is 0.351. The highest BCUT2D eigenvalue weighted by atomic mass is 19.1. The van der Waals surface area contributed by atoms with Crippen LogP contribution in [0.1, 0.15) is 75.9 Å². The van der Waals surface area contributed by atoms with Crippen molar-refractivity contribution >= 4 is 57.9 Å². The lowest BCUT2D eigenvalue weighted by molar-refractivity contribution is -0.131. The summed E-state index contributed by atoms with van der Waals surface area (Å²) in [6, 6.07) is 15.4. The van der Waals surface area contributed by atoms with Crippen LogP contribution in [0.25, 0.3) is 22.3 Å². The molecule has 1 unspecified atom stereocenters. The van der Waals surface area contributed by atoms with E-state index >= 15 is 0 Å². The van der Waals surface area contributed by atoms with Crippen molar-refractivity contribution in [2.75, 3.05) is 44.5 Å². The number of hydrogen-bond acceptors (Lipinski definition) is 13. The third-order valence-corrected chi connectivity index (χ3v) is 14.7. The number of rotatable bonds is 21. The lowest BCUT2D eigenvalue weighted by atomic mass is 9.84. The predicted octanol–water partition coefficient (Wildman–Crippen LogP) is 2.84. The molecule has 2 aromatic heterocycles. The molecule has 3 aromatic carbocycles. The van der Waals surface area contributed by atoms with E-state index < -0.39 is 90.6 Å². The molecule has 6 N–H and O–H groups in total. The first kappa shape index (κ1) is 54.4. The van der Waals surface area contributed by atoms with Gasteiger partial charge in [-0.15, -0.1) is 0 Å². The van der Waals surface area contributed by atoms with Crippen LogP contribution in [-0.2, 0) is 79.2 Å². The number of aromatic nitrogens is 2. The number of carbonyl (C=O) groups is 7. The molecule has 0 fully saturated rings. The van der Waals surface area contributed by atoms with E-state index in [9.17, 15) is 47.9 Å². The summed E-state index contributed by atoms with van der Waals surface area (Å²) in [7, 11) is 0. The number of aryl methyl sites for hydroxylation is 3. The lowest BCUT2D eigenvalue weighted by Gasteiger charge is -2.36. The summed E-state index contributed by atoms with van der Waals surface area (Å²) in [5.74, 6) is -4.15. The van der Waals surface area contributed by atoms with E-state index in [-0.39, 0.29) is 57.1 Å². The molecule has 0 saturated carbocycles. The number of benzene rings is 3. The van der Waals surface area contributed by atoms with Crippen molar-refractivity contribution in [3.63, 3.8) is 0 Å². The SMILES string of the molecule is C=C1OCc2c(cc3n(c2=O)C2c4c-3nc3cc(F)c(C)cc3c4C[C@@H]2OCCOCNC(=O)CNC(=O)[C@H](Cc2ccccc2)NC(=O)CNC(=O)CNC(=O)CCc2c(C)cc(N3C(=O)C=CC3=O)cc2C)[C@@]1(O)CC. The fourth-order valence-electron chi connectivity index (χ4n) is 10.6. The molecule has 20 nitrogen and oxygen atoms in total. The van der Waals surface area contributed by atoms with Gasteiger partial charge in [-0.05, 0) is 91.3 Å². The summed E-state index contributed by atoms with van der Waals surface area (Å²) in [6.45, 7) is 9.40. The van der Waals surface area contributed by atoms with Gasteiger partial charge in [-0.25, -0.2) is 14.3 Å². The first-order valence-electron chi connectivity index (χ1n) is 25.6. The van der Waals surface area contributed by atoms with Gasteiger partial charge in [0.1, 0.15) is 36.6 Å². The standard InChI is InChI=1S/C57H59FN8O12/c1-6-57(75)33(5)78-28-39-40(57)23-44-53-52-38(37-20-32(4)41(58)24-42(37)64-53)22-45(54(52)66(44)56(39)74)77-17-16-76-29-62-48(69)26-61-55(73)43(21-34-10-8-7-9-11-34)63-49(70)27-60-47(68)25-59-46(67)13-12-36-30(2)18-35(19-31(36)3)65-50(71)14-15-51(65)72/h7-11,14-15,18-20,23-24,43,45,54,75H,5-6,12-13,16-17,21-22,25-29H2,1-4H3,(H,59,67)(H,60,68)(H,61,73)(H,62,69)(H,63,70)/t43-,45-,54?,57+/m0/s1. The van der Waals surface area contributed by atoms with Gasteiger partial charge in [0.15, 0.2) is 0 Å². The molecule has 3 aliphatic heterocycles. The Hall–Kier alpha value is -8.40. The van der Waals surface area contributed by atoms with Gasteiger partial charge in [0.2, 0.25) is 29.5 Å². The van der Waals surface area contributed by atoms with Crippen LogP contribution in [0, 0.1) is 26.6 Å². The molecule has 406 valence electrons. The molecule has 7 amide bonds. The van der Waals surface area contributed by atoms with E-state index in [2.05, 4.69) is 33.2 Å². The molecule has 1 aliphatic carbocycles. The van der Waals surface area contributed by atoms with E-state index in [0.29, 0.717) is 57.7 Å². The predicted molar refractivity (Wildman–Crippen MR) is 282 cm³/mol. The zero-order valence-corrected chi connectivity index (χ0v) is 43.5. The number of hydrogen-bond donors (Lipinski definition) is 6. The van der Waals surface area contributed by atoms with Gasteiger partial charge >= 0.3 is 0 Å². The molecule has 9 rings (SSSR count). The minimum atomic E-state index is -1.60. The van der Waals surface area contributed by atoms with Gasteiger partial charge in [0.05, 0.1) is 73.1 Å². The Morgan fingerprint density at radius 1 is 0.859 bits per heavy atom. The maximum atomic E-state index is 14.9. The Kier molecular flexibility index (Phi) is 15.8. The van der Waals surface area contributed by atoms with Crippen LogP contribution in [0.15, 0.2) is 89.9 Å². The van der Waals surface area contributed by atoms with Crippen LogP contribution in [0.5, 0.6) is 0 Å². The average Bonchev–Trinajstić information content (AvgIpc) is 4.19.